The van der Waals surface area contributed by atoms with Crippen LogP contribution >= 0.6 is 0 Å². The molecule has 4 nitrogen and oxygen atoms in total. The van der Waals surface area contributed by atoms with Crippen LogP contribution < -0.4 is 9.47 Å². The number of phenols is 1. The molecule has 1 aliphatic rings. The van der Waals surface area contributed by atoms with E-state index in [9.17, 15) is 5.11 Å². The number of nitrogens with zero attached hydrogens (tertiary/aromatic N) is 1. The molecule has 0 aliphatic carbocycles. The van der Waals surface area contributed by atoms with Crippen LogP contribution in [0.2, 0.25) is 0 Å². The Bertz CT molecular complexity index is 625. The van der Waals surface area contributed by atoms with Crippen LogP contribution in [0.3, 0.4) is 0 Å². The fourth-order valence-corrected chi connectivity index (χ4v) is 2.02. The molecule has 102 valence electrons. The molecule has 0 saturated heterocycles. The van der Waals surface area contributed by atoms with Gasteiger partial charge in [0, 0.05) is 11.8 Å². The number of benzene rings is 2. The van der Waals surface area contributed by atoms with E-state index in [0.29, 0.717) is 18.7 Å². The lowest BCUT2D eigenvalue weighted by Gasteiger charge is -2.25. The van der Waals surface area contributed by atoms with E-state index in [1.807, 2.05) is 36.4 Å². The third-order valence-corrected chi connectivity index (χ3v) is 3.04. The normalized spacial score (nSPS) is 17.3. The van der Waals surface area contributed by atoms with Crippen LogP contribution in [-0.2, 0) is 0 Å². The molecule has 4 heteroatoms. The van der Waals surface area contributed by atoms with Gasteiger partial charge in [0.2, 0.25) is 0 Å². The quantitative estimate of drug-likeness (QED) is 0.871. The van der Waals surface area contributed by atoms with E-state index in [2.05, 4.69) is 4.99 Å². The first-order valence-electron chi connectivity index (χ1n) is 6.49. The van der Waals surface area contributed by atoms with Crippen molar-refractivity contribution in [1.29, 1.82) is 0 Å². The topological polar surface area (TPSA) is 51.1 Å². The predicted molar refractivity (Wildman–Crippen MR) is 76.9 cm³/mol. The average molecular weight is 269 g/mol. The Balaban J connectivity index is 1.62. The van der Waals surface area contributed by atoms with Gasteiger partial charge < -0.3 is 14.6 Å². The smallest absolute Gasteiger partial charge is 0.161 e. The maximum atomic E-state index is 9.63. The Morgan fingerprint density at radius 1 is 1.10 bits per heavy atom. The van der Waals surface area contributed by atoms with Crippen molar-refractivity contribution in [2.75, 3.05) is 13.2 Å². The number of ether oxygens (including phenoxy) is 2. The average Bonchev–Trinajstić information content (AvgIpc) is 2.49. The Morgan fingerprint density at radius 2 is 1.85 bits per heavy atom. The highest BCUT2D eigenvalue weighted by atomic mass is 16.6. The van der Waals surface area contributed by atoms with Crippen molar-refractivity contribution in [2.24, 2.45) is 4.99 Å². The largest absolute Gasteiger partial charge is 0.507 e. The standard InChI is InChI=1S/C16H15NO3/c18-14-6-2-1-5-12(14)9-17-10-13-11-19-15-7-3-4-8-16(15)20-13/h1-9,13,18H,10-11H2/t13-/m0/s1. The summed E-state index contributed by atoms with van der Waals surface area (Å²) >= 11 is 0. The summed E-state index contributed by atoms with van der Waals surface area (Å²) < 4.78 is 11.4. The molecule has 1 N–H and O–H groups in total. The van der Waals surface area contributed by atoms with Crippen LogP contribution in [0.4, 0.5) is 0 Å². The number of rotatable bonds is 3. The molecule has 0 amide bonds. The van der Waals surface area contributed by atoms with E-state index in [1.165, 1.54) is 0 Å². The molecule has 1 heterocycles. The fourth-order valence-electron chi connectivity index (χ4n) is 2.02. The third kappa shape index (κ3) is 2.74. The van der Waals surface area contributed by atoms with Gasteiger partial charge in [-0.15, -0.1) is 0 Å². The monoisotopic (exact) mass is 269 g/mol. The highest BCUT2D eigenvalue weighted by Crippen LogP contribution is 2.30. The second kappa shape index (κ2) is 5.65. The number of hydrogen-bond donors (Lipinski definition) is 1. The zero-order valence-corrected chi connectivity index (χ0v) is 10.9. The number of phenolic OH excluding ortho intramolecular Hbond substituents is 1. The van der Waals surface area contributed by atoms with E-state index >= 15 is 0 Å². The van der Waals surface area contributed by atoms with Crippen LogP contribution in [0.15, 0.2) is 53.5 Å². The van der Waals surface area contributed by atoms with Crippen LogP contribution in [0, 0.1) is 0 Å². The molecule has 0 fully saturated rings. The molecule has 0 unspecified atom stereocenters. The third-order valence-electron chi connectivity index (χ3n) is 3.04. The highest BCUT2D eigenvalue weighted by molar-refractivity contribution is 5.83. The first kappa shape index (κ1) is 12.5. The van der Waals surface area contributed by atoms with Crippen LogP contribution in [-0.4, -0.2) is 30.6 Å². The second-order valence-corrected chi connectivity index (χ2v) is 4.55. The van der Waals surface area contributed by atoms with E-state index in [-0.39, 0.29) is 11.9 Å². The van der Waals surface area contributed by atoms with Crippen LogP contribution in [0.5, 0.6) is 17.2 Å². The minimum atomic E-state index is -0.105. The van der Waals surface area contributed by atoms with Gasteiger partial charge in [0.05, 0.1) is 6.54 Å². The van der Waals surface area contributed by atoms with Gasteiger partial charge in [-0.1, -0.05) is 24.3 Å². The van der Waals surface area contributed by atoms with Gasteiger partial charge >= 0.3 is 0 Å². The maximum Gasteiger partial charge on any atom is 0.161 e. The lowest BCUT2D eigenvalue weighted by molar-refractivity contribution is 0.0973. The fraction of sp³-hybridized carbons (Fsp3) is 0.188. The number of hydrogen-bond acceptors (Lipinski definition) is 4. The zero-order valence-electron chi connectivity index (χ0n) is 10.9. The van der Waals surface area contributed by atoms with Crippen molar-refractivity contribution >= 4 is 6.21 Å². The molecule has 2 aromatic carbocycles. The molecule has 0 spiro atoms. The van der Waals surface area contributed by atoms with Crippen molar-refractivity contribution in [1.82, 2.24) is 0 Å². The Hall–Kier alpha value is -2.49. The molecular weight excluding hydrogens is 254 g/mol. The van der Waals surface area contributed by atoms with Gasteiger partial charge in [0.15, 0.2) is 17.6 Å². The van der Waals surface area contributed by atoms with Gasteiger partial charge in [-0.05, 0) is 24.3 Å². The van der Waals surface area contributed by atoms with E-state index < -0.39 is 0 Å². The molecule has 3 rings (SSSR count). The van der Waals surface area contributed by atoms with E-state index in [0.717, 1.165) is 11.5 Å². The molecular formula is C16H15NO3. The molecule has 2 aromatic rings. The van der Waals surface area contributed by atoms with Gasteiger partial charge in [0.1, 0.15) is 12.4 Å². The molecule has 1 atom stereocenters. The van der Waals surface area contributed by atoms with Crippen molar-refractivity contribution in [3.05, 3.63) is 54.1 Å². The zero-order chi connectivity index (χ0) is 13.8. The van der Waals surface area contributed by atoms with Crippen LogP contribution in [0.1, 0.15) is 5.56 Å². The second-order valence-electron chi connectivity index (χ2n) is 4.55. The summed E-state index contributed by atoms with van der Waals surface area (Å²) in [6.07, 6.45) is 1.55. The maximum absolute atomic E-state index is 9.63. The lowest BCUT2D eigenvalue weighted by atomic mass is 10.2. The van der Waals surface area contributed by atoms with Gasteiger partial charge in [-0.2, -0.15) is 0 Å². The Labute approximate surface area is 117 Å². The Kier molecular flexibility index (Phi) is 3.54. The molecule has 0 bridgehead atoms. The van der Waals surface area contributed by atoms with Crippen molar-refractivity contribution < 1.29 is 14.6 Å². The lowest BCUT2D eigenvalue weighted by Crippen LogP contribution is -2.31. The summed E-state index contributed by atoms with van der Waals surface area (Å²) in [7, 11) is 0. The van der Waals surface area contributed by atoms with Gasteiger partial charge in [-0.3, -0.25) is 4.99 Å². The van der Waals surface area contributed by atoms with Gasteiger partial charge in [-0.25, -0.2) is 0 Å². The number of fused-ring (bicyclic) bond motifs is 1. The summed E-state index contributed by atoms with van der Waals surface area (Å²) in [5.41, 5.74) is 0.699. The first-order chi connectivity index (χ1) is 9.83. The van der Waals surface area contributed by atoms with Gasteiger partial charge in [0.25, 0.3) is 0 Å². The van der Waals surface area contributed by atoms with Crippen LogP contribution in [0.25, 0.3) is 0 Å². The number of aromatic hydroxyl groups is 1. The van der Waals surface area contributed by atoms with Crippen molar-refractivity contribution in [3.8, 4) is 17.2 Å². The summed E-state index contributed by atoms with van der Waals surface area (Å²) in [6.45, 7) is 0.970. The minimum Gasteiger partial charge on any atom is -0.507 e. The number of aliphatic imine (C=N–C) groups is 1. The summed E-state index contributed by atoms with van der Waals surface area (Å²) in [4.78, 5) is 4.31. The summed E-state index contributed by atoms with van der Waals surface area (Å²) in [6, 6.07) is 14.7. The van der Waals surface area contributed by atoms with E-state index in [4.69, 9.17) is 9.47 Å². The molecule has 1 aliphatic heterocycles. The summed E-state index contributed by atoms with van der Waals surface area (Å²) in [5, 5.41) is 9.63. The highest BCUT2D eigenvalue weighted by Gasteiger charge is 2.19. The molecule has 20 heavy (non-hydrogen) atoms. The molecule has 0 aromatic heterocycles. The van der Waals surface area contributed by atoms with E-state index in [1.54, 1.807) is 18.3 Å². The Morgan fingerprint density at radius 3 is 2.70 bits per heavy atom. The predicted octanol–water partition coefficient (Wildman–Crippen LogP) is 2.65. The molecule has 0 radical (unpaired) electrons. The summed E-state index contributed by atoms with van der Waals surface area (Å²) in [5.74, 6) is 1.75. The minimum absolute atomic E-state index is 0.105. The molecule has 0 saturated carbocycles. The SMILES string of the molecule is Oc1ccccc1C=NC[C@H]1COc2ccccc2O1. The first-order valence-corrected chi connectivity index (χ1v) is 6.49. The number of para-hydroxylation sites is 3. The van der Waals surface area contributed by atoms with Crippen molar-refractivity contribution in [2.45, 2.75) is 6.10 Å². The van der Waals surface area contributed by atoms with Crippen molar-refractivity contribution in [3.63, 3.8) is 0 Å².